The Labute approximate surface area is 101 Å². The predicted octanol–water partition coefficient (Wildman–Crippen LogP) is 3.44. The van der Waals surface area contributed by atoms with E-state index in [1.807, 2.05) is 30.4 Å². The van der Waals surface area contributed by atoms with Crippen molar-refractivity contribution >= 4 is 5.78 Å². The lowest BCUT2D eigenvalue weighted by molar-refractivity contribution is 0.104. The number of aliphatic hydroxyl groups excluding tert-OH is 1. The Morgan fingerprint density at radius 2 is 2.06 bits per heavy atom. The van der Waals surface area contributed by atoms with E-state index in [0.29, 0.717) is 11.3 Å². The van der Waals surface area contributed by atoms with Crippen LogP contribution in [-0.2, 0) is 0 Å². The van der Waals surface area contributed by atoms with Crippen molar-refractivity contribution in [2.75, 3.05) is 0 Å². The molecule has 1 aromatic rings. The van der Waals surface area contributed by atoms with Crippen LogP contribution in [0.2, 0.25) is 0 Å². The molecule has 0 spiro atoms. The SMILES string of the molecule is O=C(/C=C/C1C=CC(O)=CC1)c1ccccc1. The maximum atomic E-state index is 11.8. The third-order valence-electron chi connectivity index (χ3n) is 2.67. The van der Waals surface area contributed by atoms with Gasteiger partial charge in [-0.1, -0.05) is 42.5 Å². The van der Waals surface area contributed by atoms with E-state index in [1.54, 1.807) is 30.4 Å². The Morgan fingerprint density at radius 3 is 2.71 bits per heavy atom. The molecule has 0 aliphatic heterocycles. The minimum atomic E-state index is 0.0118. The summed E-state index contributed by atoms with van der Waals surface area (Å²) in [4.78, 5) is 11.8. The first-order valence-corrected chi connectivity index (χ1v) is 5.60. The van der Waals surface area contributed by atoms with Crippen molar-refractivity contribution < 1.29 is 9.90 Å². The van der Waals surface area contributed by atoms with Crippen LogP contribution in [0.1, 0.15) is 16.8 Å². The van der Waals surface area contributed by atoms with Gasteiger partial charge in [0.25, 0.3) is 0 Å². The number of hydrogen-bond donors (Lipinski definition) is 1. The summed E-state index contributed by atoms with van der Waals surface area (Å²) < 4.78 is 0. The maximum absolute atomic E-state index is 11.8. The van der Waals surface area contributed by atoms with E-state index in [-0.39, 0.29) is 11.7 Å². The Bertz CT molecular complexity index is 481. The van der Waals surface area contributed by atoms with E-state index in [9.17, 15) is 4.79 Å². The minimum absolute atomic E-state index is 0.0118. The molecule has 0 heterocycles. The van der Waals surface area contributed by atoms with Crippen molar-refractivity contribution in [3.05, 3.63) is 72.0 Å². The summed E-state index contributed by atoms with van der Waals surface area (Å²) >= 11 is 0. The number of benzene rings is 1. The van der Waals surface area contributed by atoms with Gasteiger partial charge in [-0.2, -0.15) is 0 Å². The molecule has 0 fully saturated rings. The molecule has 0 bridgehead atoms. The van der Waals surface area contributed by atoms with Crippen LogP contribution >= 0.6 is 0 Å². The fourth-order valence-electron chi connectivity index (χ4n) is 1.68. The number of carbonyl (C=O) groups is 1. The highest BCUT2D eigenvalue weighted by atomic mass is 16.3. The normalized spacial score (nSPS) is 19.3. The third-order valence-corrected chi connectivity index (χ3v) is 2.67. The van der Waals surface area contributed by atoms with Gasteiger partial charge in [-0.3, -0.25) is 4.79 Å². The van der Waals surface area contributed by atoms with Crippen LogP contribution in [0.15, 0.2) is 66.5 Å². The summed E-state index contributed by atoms with van der Waals surface area (Å²) in [5, 5.41) is 9.17. The van der Waals surface area contributed by atoms with Crippen LogP contribution in [0, 0.1) is 5.92 Å². The molecule has 0 amide bonds. The van der Waals surface area contributed by atoms with Gasteiger partial charge in [0.2, 0.25) is 0 Å². The first-order valence-electron chi connectivity index (χ1n) is 5.60. The zero-order chi connectivity index (χ0) is 12.1. The van der Waals surface area contributed by atoms with E-state index in [1.165, 1.54) is 0 Å². The summed E-state index contributed by atoms with van der Waals surface area (Å²) in [5.41, 5.74) is 0.696. The van der Waals surface area contributed by atoms with Gasteiger partial charge in [0.1, 0.15) is 5.76 Å². The summed E-state index contributed by atoms with van der Waals surface area (Å²) in [6.07, 6.45) is 9.51. The molecule has 0 saturated heterocycles. The molecule has 1 aliphatic carbocycles. The molecule has 1 aliphatic rings. The Morgan fingerprint density at radius 1 is 1.29 bits per heavy atom. The molecule has 0 radical (unpaired) electrons. The highest BCUT2D eigenvalue weighted by Crippen LogP contribution is 2.16. The minimum Gasteiger partial charge on any atom is -0.508 e. The fraction of sp³-hybridized carbons (Fsp3) is 0.133. The van der Waals surface area contributed by atoms with Gasteiger partial charge >= 0.3 is 0 Å². The van der Waals surface area contributed by atoms with Gasteiger partial charge in [-0.15, -0.1) is 0 Å². The molecule has 17 heavy (non-hydrogen) atoms. The molecule has 86 valence electrons. The zero-order valence-corrected chi connectivity index (χ0v) is 9.41. The molecule has 0 aromatic heterocycles. The molecule has 1 aromatic carbocycles. The van der Waals surface area contributed by atoms with Crippen LogP contribution in [0.5, 0.6) is 0 Å². The molecule has 2 heteroatoms. The van der Waals surface area contributed by atoms with Crippen LogP contribution < -0.4 is 0 Å². The van der Waals surface area contributed by atoms with Crippen molar-refractivity contribution in [3.8, 4) is 0 Å². The van der Waals surface area contributed by atoms with Gasteiger partial charge in [-0.25, -0.2) is 0 Å². The Balaban J connectivity index is 1.98. The molecule has 1 atom stereocenters. The Hall–Kier alpha value is -2.09. The second kappa shape index (κ2) is 5.30. The average molecular weight is 226 g/mol. The van der Waals surface area contributed by atoms with Crippen LogP contribution in [0.25, 0.3) is 0 Å². The highest BCUT2D eigenvalue weighted by Gasteiger charge is 2.06. The lowest BCUT2D eigenvalue weighted by Gasteiger charge is -2.08. The topological polar surface area (TPSA) is 37.3 Å². The standard InChI is InChI=1S/C15H14O2/c16-14-9-6-12(7-10-14)8-11-15(17)13-4-2-1-3-5-13/h1-6,8-12,16H,7H2/b11-8+. The van der Waals surface area contributed by atoms with Gasteiger partial charge < -0.3 is 5.11 Å². The maximum Gasteiger partial charge on any atom is 0.185 e. The first-order chi connectivity index (χ1) is 8.25. The third kappa shape index (κ3) is 3.18. The summed E-state index contributed by atoms with van der Waals surface area (Å²) in [6.45, 7) is 0. The molecular formula is C15H14O2. The van der Waals surface area contributed by atoms with Crippen molar-refractivity contribution in [3.63, 3.8) is 0 Å². The fourth-order valence-corrected chi connectivity index (χ4v) is 1.68. The predicted molar refractivity (Wildman–Crippen MR) is 67.9 cm³/mol. The van der Waals surface area contributed by atoms with Gasteiger partial charge in [-0.05, 0) is 30.6 Å². The first kappa shape index (κ1) is 11.4. The quantitative estimate of drug-likeness (QED) is 0.633. The number of ketones is 1. The van der Waals surface area contributed by atoms with E-state index in [4.69, 9.17) is 5.11 Å². The monoisotopic (exact) mass is 226 g/mol. The lowest BCUT2D eigenvalue weighted by Crippen LogP contribution is -1.99. The van der Waals surface area contributed by atoms with Crippen LogP contribution in [-0.4, -0.2) is 10.9 Å². The molecule has 2 nitrogen and oxygen atoms in total. The molecule has 1 unspecified atom stereocenters. The summed E-state index contributed by atoms with van der Waals surface area (Å²) in [6, 6.07) is 9.19. The molecule has 1 N–H and O–H groups in total. The van der Waals surface area contributed by atoms with Crippen molar-refractivity contribution in [1.29, 1.82) is 0 Å². The molecule has 0 saturated carbocycles. The summed E-state index contributed by atoms with van der Waals surface area (Å²) in [5.74, 6) is 0.500. The van der Waals surface area contributed by atoms with E-state index in [2.05, 4.69) is 0 Å². The van der Waals surface area contributed by atoms with E-state index in [0.717, 1.165) is 6.42 Å². The zero-order valence-electron chi connectivity index (χ0n) is 9.41. The van der Waals surface area contributed by atoms with Gasteiger partial charge in [0.15, 0.2) is 5.78 Å². The highest BCUT2D eigenvalue weighted by molar-refractivity contribution is 6.04. The number of carbonyl (C=O) groups excluding carboxylic acids is 1. The number of aliphatic hydroxyl groups is 1. The van der Waals surface area contributed by atoms with E-state index >= 15 is 0 Å². The number of allylic oxidation sites excluding steroid dienone is 5. The van der Waals surface area contributed by atoms with Crippen molar-refractivity contribution in [2.45, 2.75) is 6.42 Å². The number of rotatable bonds is 3. The average Bonchev–Trinajstić information content (AvgIpc) is 2.39. The lowest BCUT2D eigenvalue weighted by atomic mass is 9.98. The smallest absolute Gasteiger partial charge is 0.185 e. The second-order valence-corrected chi connectivity index (χ2v) is 3.98. The largest absolute Gasteiger partial charge is 0.508 e. The van der Waals surface area contributed by atoms with Gasteiger partial charge in [0.05, 0.1) is 0 Å². The Kier molecular flexibility index (Phi) is 3.55. The van der Waals surface area contributed by atoms with Crippen LogP contribution in [0.3, 0.4) is 0 Å². The number of hydrogen-bond acceptors (Lipinski definition) is 2. The summed E-state index contributed by atoms with van der Waals surface area (Å²) in [7, 11) is 0. The van der Waals surface area contributed by atoms with Crippen molar-refractivity contribution in [1.82, 2.24) is 0 Å². The van der Waals surface area contributed by atoms with E-state index < -0.39 is 0 Å². The van der Waals surface area contributed by atoms with Crippen molar-refractivity contribution in [2.24, 2.45) is 5.92 Å². The molecule has 2 rings (SSSR count). The second-order valence-electron chi connectivity index (χ2n) is 3.98. The van der Waals surface area contributed by atoms with Crippen LogP contribution in [0.4, 0.5) is 0 Å². The van der Waals surface area contributed by atoms with Gasteiger partial charge in [0, 0.05) is 5.56 Å². The molecular weight excluding hydrogens is 212 g/mol.